The second kappa shape index (κ2) is 8.57. The molecule has 1 saturated carbocycles. The minimum absolute atomic E-state index is 0.116. The molecule has 9 heteroatoms. The number of anilines is 1. The number of aryl methyl sites for hydroxylation is 1. The lowest BCUT2D eigenvalue weighted by molar-refractivity contribution is 0.450. The van der Waals surface area contributed by atoms with Crippen LogP contribution < -0.4 is 10.5 Å². The van der Waals surface area contributed by atoms with Gasteiger partial charge in [0.1, 0.15) is 5.65 Å². The van der Waals surface area contributed by atoms with Crippen LogP contribution in [0.4, 0.5) is 5.95 Å². The van der Waals surface area contributed by atoms with Crippen molar-refractivity contribution in [2.75, 3.05) is 5.32 Å². The van der Waals surface area contributed by atoms with Gasteiger partial charge >= 0.3 is 0 Å². The van der Waals surface area contributed by atoms with Gasteiger partial charge < -0.3 is 5.32 Å². The highest BCUT2D eigenvalue weighted by Gasteiger charge is 2.28. The van der Waals surface area contributed by atoms with Gasteiger partial charge in [-0.1, -0.05) is 30.3 Å². The van der Waals surface area contributed by atoms with Gasteiger partial charge in [0.25, 0.3) is 0 Å². The molecule has 8 nitrogen and oxygen atoms in total. The maximum absolute atomic E-state index is 11.6. The fraction of sp³-hybridized carbons (Fsp3) is 0.292. The Morgan fingerprint density at radius 1 is 0.970 bits per heavy atom. The molecule has 3 aromatic heterocycles. The van der Waals surface area contributed by atoms with E-state index in [1.165, 1.54) is 0 Å². The van der Waals surface area contributed by atoms with Crippen molar-refractivity contribution in [3.05, 3.63) is 66.6 Å². The Labute approximate surface area is 193 Å². The summed E-state index contributed by atoms with van der Waals surface area (Å²) in [6, 6.07) is 14.4. The molecule has 5 rings (SSSR count). The molecule has 4 aromatic rings. The molecule has 0 radical (unpaired) electrons. The number of nitrogens with one attached hydrogen (secondary N) is 1. The van der Waals surface area contributed by atoms with Gasteiger partial charge in [-0.2, -0.15) is 0 Å². The molecule has 0 aliphatic heterocycles. The summed E-state index contributed by atoms with van der Waals surface area (Å²) in [5.41, 5.74) is 5.73. The molecular formula is C24H26N6O2S. The summed E-state index contributed by atoms with van der Waals surface area (Å²) in [4.78, 5) is 13.8. The van der Waals surface area contributed by atoms with Gasteiger partial charge in [-0.15, -0.1) is 0 Å². The molecule has 0 spiro atoms. The van der Waals surface area contributed by atoms with Crippen LogP contribution in [-0.2, 0) is 10.0 Å². The van der Waals surface area contributed by atoms with E-state index in [2.05, 4.69) is 44.1 Å². The number of nitrogens with two attached hydrogens (primary N) is 1. The van der Waals surface area contributed by atoms with Crippen LogP contribution in [0.25, 0.3) is 28.2 Å². The number of fused-ring (bicyclic) bond motifs is 1. The normalized spacial score (nSPS) is 19.0. The Bertz CT molecular complexity index is 1390. The van der Waals surface area contributed by atoms with Crippen LogP contribution in [0.3, 0.4) is 0 Å². The molecular weight excluding hydrogens is 436 g/mol. The highest BCUT2D eigenvalue weighted by molar-refractivity contribution is 7.89. The highest BCUT2D eigenvalue weighted by Crippen LogP contribution is 2.28. The lowest BCUT2D eigenvalue weighted by Crippen LogP contribution is -2.36. The van der Waals surface area contributed by atoms with E-state index in [4.69, 9.17) is 10.1 Å². The van der Waals surface area contributed by atoms with E-state index in [1.807, 2.05) is 37.4 Å². The Morgan fingerprint density at radius 2 is 1.73 bits per heavy atom. The third kappa shape index (κ3) is 4.46. The van der Waals surface area contributed by atoms with E-state index in [0.717, 1.165) is 33.7 Å². The Kier molecular flexibility index (Phi) is 5.59. The number of aromatic nitrogens is 4. The van der Waals surface area contributed by atoms with Gasteiger partial charge in [0, 0.05) is 18.4 Å². The number of hydrogen-bond donors (Lipinski definition) is 2. The quantitative estimate of drug-likeness (QED) is 0.466. The number of imidazole rings is 1. The lowest BCUT2D eigenvalue weighted by Gasteiger charge is -2.27. The zero-order chi connectivity index (χ0) is 23.0. The number of benzene rings is 1. The van der Waals surface area contributed by atoms with Gasteiger partial charge in [-0.05, 0) is 61.4 Å². The van der Waals surface area contributed by atoms with E-state index < -0.39 is 15.3 Å². The molecule has 0 unspecified atom stereocenters. The van der Waals surface area contributed by atoms with Crippen LogP contribution in [0.1, 0.15) is 31.2 Å². The van der Waals surface area contributed by atoms with E-state index in [1.54, 1.807) is 6.20 Å². The van der Waals surface area contributed by atoms with Crippen molar-refractivity contribution in [3.63, 3.8) is 0 Å². The number of nitrogens with zero attached hydrogens (tertiary/aromatic N) is 4. The first-order valence-electron chi connectivity index (χ1n) is 11.0. The maximum atomic E-state index is 11.6. The number of sulfonamides is 1. The maximum Gasteiger partial charge on any atom is 0.223 e. The number of primary sulfonamides is 1. The third-order valence-electron chi connectivity index (χ3n) is 6.30. The van der Waals surface area contributed by atoms with Gasteiger partial charge in [0.2, 0.25) is 16.0 Å². The van der Waals surface area contributed by atoms with Gasteiger partial charge in [0.05, 0.1) is 22.8 Å². The van der Waals surface area contributed by atoms with Crippen molar-refractivity contribution < 1.29 is 8.42 Å². The Balaban J connectivity index is 1.43. The third-order valence-corrected chi connectivity index (χ3v) is 7.70. The lowest BCUT2D eigenvalue weighted by atomic mass is 9.95. The van der Waals surface area contributed by atoms with Crippen LogP contribution in [0.2, 0.25) is 0 Å². The molecule has 3 heterocycles. The second-order valence-electron chi connectivity index (χ2n) is 8.59. The fourth-order valence-electron chi connectivity index (χ4n) is 4.45. The molecule has 1 fully saturated rings. The number of hydrogen-bond acceptors (Lipinski definition) is 6. The summed E-state index contributed by atoms with van der Waals surface area (Å²) in [5, 5.41) is 8.23. The van der Waals surface area contributed by atoms with E-state index in [-0.39, 0.29) is 6.04 Å². The molecule has 1 aromatic carbocycles. The Morgan fingerprint density at radius 3 is 2.45 bits per heavy atom. The standard InChI is InChI=1S/C24H26N6O2S/c1-16-13-27-24(28-19-8-10-20(11-9-19)33(25,31)32)29-23(16)21-14-26-22-12-7-18(15-30(21)22)17-5-3-2-4-6-17/h2-7,12-15,19-20H,8-11H2,1H3,(H2,25,31,32)(H,27,28,29). The summed E-state index contributed by atoms with van der Waals surface area (Å²) in [6.45, 7) is 1.98. The average Bonchev–Trinajstić information content (AvgIpc) is 3.24. The van der Waals surface area contributed by atoms with E-state index in [9.17, 15) is 8.42 Å². The SMILES string of the molecule is Cc1cnc(NC2CCC(S(N)(=O)=O)CC2)nc1-c1cnc2ccc(-c3ccccc3)cn12. The monoisotopic (exact) mass is 462 g/mol. The number of rotatable bonds is 5. The minimum atomic E-state index is -3.48. The van der Waals surface area contributed by atoms with Gasteiger partial charge in [0.15, 0.2) is 0 Å². The zero-order valence-electron chi connectivity index (χ0n) is 18.3. The molecule has 0 atom stereocenters. The van der Waals surface area contributed by atoms with Crippen LogP contribution in [0.5, 0.6) is 0 Å². The summed E-state index contributed by atoms with van der Waals surface area (Å²) in [6.07, 6.45) is 8.24. The summed E-state index contributed by atoms with van der Waals surface area (Å²) in [5.74, 6) is 0.531. The molecule has 0 bridgehead atoms. The Hall–Kier alpha value is -3.30. The largest absolute Gasteiger partial charge is 0.351 e. The van der Waals surface area contributed by atoms with Crippen LogP contribution in [0, 0.1) is 6.92 Å². The zero-order valence-corrected chi connectivity index (χ0v) is 19.2. The van der Waals surface area contributed by atoms with Gasteiger partial charge in [-0.3, -0.25) is 4.40 Å². The molecule has 1 aliphatic carbocycles. The van der Waals surface area contributed by atoms with Crippen molar-refractivity contribution in [1.82, 2.24) is 19.4 Å². The molecule has 0 amide bonds. The molecule has 33 heavy (non-hydrogen) atoms. The summed E-state index contributed by atoms with van der Waals surface area (Å²) >= 11 is 0. The first-order chi connectivity index (χ1) is 15.9. The highest BCUT2D eigenvalue weighted by atomic mass is 32.2. The molecule has 1 aliphatic rings. The first kappa shape index (κ1) is 21.5. The fourth-order valence-corrected chi connectivity index (χ4v) is 5.38. The minimum Gasteiger partial charge on any atom is -0.351 e. The van der Waals surface area contributed by atoms with E-state index in [0.29, 0.717) is 31.6 Å². The summed E-state index contributed by atoms with van der Waals surface area (Å²) in [7, 11) is -3.48. The van der Waals surface area contributed by atoms with Crippen molar-refractivity contribution in [2.24, 2.45) is 5.14 Å². The molecule has 0 saturated heterocycles. The second-order valence-corrected chi connectivity index (χ2v) is 10.4. The number of pyridine rings is 1. The van der Waals surface area contributed by atoms with Crippen molar-refractivity contribution in [3.8, 4) is 22.5 Å². The van der Waals surface area contributed by atoms with Crippen molar-refractivity contribution in [2.45, 2.75) is 43.9 Å². The van der Waals surface area contributed by atoms with E-state index >= 15 is 0 Å². The van der Waals surface area contributed by atoms with Gasteiger partial charge in [-0.25, -0.2) is 28.5 Å². The average molecular weight is 463 g/mol. The first-order valence-corrected chi connectivity index (χ1v) is 12.6. The predicted octanol–water partition coefficient (Wildman–Crippen LogP) is 3.78. The summed E-state index contributed by atoms with van der Waals surface area (Å²) < 4.78 is 25.3. The van der Waals surface area contributed by atoms with Crippen molar-refractivity contribution in [1.29, 1.82) is 0 Å². The smallest absolute Gasteiger partial charge is 0.223 e. The van der Waals surface area contributed by atoms with Crippen LogP contribution >= 0.6 is 0 Å². The molecule has 170 valence electrons. The molecule has 3 N–H and O–H groups in total. The topological polar surface area (TPSA) is 115 Å². The van der Waals surface area contributed by atoms with Crippen molar-refractivity contribution >= 4 is 21.6 Å². The van der Waals surface area contributed by atoms with Crippen LogP contribution in [0.15, 0.2) is 61.1 Å². The predicted molar refractivity (Wildman–Crippen MR) is 129 cm³/mol. The van der Waals surface area contributed by atoms with Crippen LogP contribution in [-0.4, -0.2) is 39.1 Å².